The van der Waals surface area contributed by atoms with Gasteiger partial charge < -0.3 is 5.11 Å². The molecular formula is C26H56OP+. The minimum absolute atomic E-state index is 0.440. The Morgan fingerprint density at radius 1 is 0.393 bits per heavy atom. The van der Waals surface area contributed by atoms with Crippen LogP contribution in [0, 0.1) is 0 Å². The van der Waals surface area contributed by atoms with Crippen molar-refractivity contribution in [3.05, 3.63) is 0 Å². The summed E-state index contributed by atoms with van der Waals surface area (Å²) in [7, 11) is -0.913. The molecule has 0 radical (unpaired) electrons. The van der Waals surface area contributed by atoms with Crippen LogP contribution < -0.4 is 0 Å². The molecule has 0 aromatic heterocycles. The molecule has 0 heterocycles. The van der Waals surface area contributed by atoms with Crippen molar-refractivity contribution >= 4 is 7.26 Å². The highest BCUT2D eigenvalue weighted by atomic mass is 31.2. The molecule has 0 spiro atoms. The Hall–Kier alpha value is 0.390. The SMILES string of the molecule is CCCCCCCC[P+](CCO)(CCCCCCCC)CCCCCCCC. The Labute approximate surface area is 180 Å². The summed E-state index contributed by atoms with van der Waals surface area (Å²) in [6.45, 7) is 7.35. The van der Waals surface area contributed by atoms with Crippen LogP contribution in [0.4, 0.5) is 0 Å². The first-order valence-corrected chi connectivity index (χ1v) is 15.7. The molecule has 0 bridgehead atoms. The normalized spacial score (nSPS) is 12.0. The molecule has 170 valence electrons. The number of hydrogen-bond acceptors (Lipinski definition) is 1. The van der Waals surface area contributed by atoms with Crippen molar-refractivity contribution in [3.8, 4) is 0 Å². The van der Waals surface area contributed by atoms with Crippen LogP contribution >= 0.6 is 7.26 Å². The van der Waals surface area contributed by atoms with E-state index in [1.807, 2.05) is 0 Å². The van der Waals surface area contributed by atoms with Gasteiger partial charge in [-0.1, -0.05) is 97.8 Å². The van der Waals surface area contributed by atoms with Crippen LogP contribution in [0.15, 0.2) is 0 Å². The molecule has 0 atom stereocenters. The van der Waals surface area contributed by atoms with E-state index in [4.69, 9.17) is 0 Å². The number of unbranched alkanes of at least 4 members (excludes halogenated alkanes) is 15. The molecule has 0 amide bonds. The lowest BCUT2D eigenvalue weighted by Gasteiger charge is -2.27. The van der Waals surface area contributed by atoms with Crippen LogP contribution in [0.3, 0.4) is 0 Å². The quantitative estimate of drug-likeness (QED) is 0.130. The van der Waals surface area contributed by atoms with Crippen LogP contribution in [0.5, 0.6) is 0 Å². The molecule has 0 fully saturated rings. The van der Waals surface area contributed by atoms with E-state index in [0.717, 1.165) is 6.16 Å². The predicted molar refractivity (Wildman–Crippen MR) is 134 cm³/mol. The molecule has 0 aliphatic rings. The van der Waals surface area contributed by atoms with Crippen molar-refractivity contribution in [2.24, 2.45) is 0 Å². The molecular weight excluding hydrogens is 359 g/mol. The predicted octanol–water partition coefficient (Wildman–Crippen LogP) is 9.08. The Morgan fingerprint density at radius 3 is 0.964 bits per heavy atom. The second-order valence-electron chi connectivity index (χ2n) is 9.26. The van der Waals surface area contributed by atoms with Crippen LogP contribution in [-0.4, -0.2) is 36.4 Å². The monoisotopic (exact) mass is 415 g/mol. The molecule has 0 aromatic carbocycles. The van der Waals surface area contributed by atoms with E-state index in [9.17, 15) is 5.11 Å². The Balaban J connectivity index is 4.39. The second-order valence-corrected chi connectivity index (χ2v) is 13.7. The molecule has 0 aromatic rings. The van der Waals surface area contributed by atoms with Crippen LogP contribution in [0.25, 0.3) is 0 Å². The summed E-state index contributed by atoms with van der Waals surface area (Å²) in [6, 6.07) is 0. The molecule has 28 heavy (non-hydrogen) atoms. The topological polar surface area (TPSA) is 20.2 Å². The van der Waals surface area contributed by atoms with Crippen LogP contribution in [0.1, 0.15) is 136 Å². The zero-order chi connectivity index (χ0) is 20.8. The fourth-order valence-electron chi connectivity index (χ4n) is 4.57. The van der Waals surface area contributed by atoms with Crippen molar-refractivity contribution in [3.63, 3.8) is 0 Å². The molecule has 1 N–H and O–H groups in total. The van der Waals surface area contributed by atoms with Gasteiger partial charge in [-0.2, -0.15) is 0 Å². The van der Waals surface area contributed by atoms with Gasteiger partial charge in [-0.3, -0.25) is 0 Å². The van der Waals surface area contributed by atoms with Gasteiger partial charge in [0.25, 0.3) is 0 Å². The standard InChI is InChI=1S/C26H56OP/c1-4-7-10-13-16-19-23-28(26-22-27,24-20-17-14-11-8-5-2)25-21-18-15-12-9-6-3/h27H,4-26H2,1-3H3/q+1. The first-order chi connectivity index (χ1) is 13.7. The number of aliphatic hydroxyl groups excluding tert-OH is 1. The molecule has 0 rings (SSSR count). The lowest BCUT2D eigenvalue weighted by molar-refractivity contribution is 0.320. The van der Waals surface area contributed by atoms with Gasteiger partial charge in [-0.05, 0) is 38.5 Å². The van der Waals surface area contributed by atoms with Crippen molar-refractivity contribution in [1.82, 2.24) is 0 Å². The maximum absolute atomic E-state index is 9.85. The number of aliphatic hydroxyl groups is 1. The summed E-state index contributed by atoms with van der Waals surface area (Å²) in [4.78, 5) is 0. The van der Waals surface area contributed by atoms with E-state index in [2.05, 4.69) is 20.8 Å². The van der Waals surface area contributed by atoms with Gasteiger partial charge in [-0.25, -0.2) is 0 Å². The van der Waals surface area contributed by atoms with Crippen LogP contribution in [0.2, 0.25) is 0 Å². The first kappa shape index (κ1) is 28.4. The summed E-state index contributed by atoms with van der Waals surface area (Å²) in [5.74, 6) is 0. The maximum atomic E-state index is 9.85. The maximum Gasteiger partial charge on any atom is 0.0825 e. The van der Waals surface area contributed by atoms with Gasteiger partial charge >= 0.3 is 0 Å². The van der Waals surface area contributed by atoms with Crippen molar-refractivity contribution in [2.75, 3.05) is 31.3 Å². The highest BCUT2D eigenvalue weighted by Gasteiger charge is 2.34. The highest BCUT2D eigenvalue weighted by molar-refractivity contribution is 7.75. The fourth-order valence-corrected chi connectivity index (χ4v) is 9.01. The lowest BCUT2D eigenvalue weighted by Crippen LogP contribution is -2.15. The van der Waals surface area contributed by atoms with Gasteiger partial charge in [0, 0.05) is 7.26 Å². The highest BCUT2D eigenvalue weighted by Crippen LogP contribution is 2.60. The molecule has 0 saturated heterocycles. The zero-order valence-electron chi connectivity index (χ0n) is 20.2. The zero-order valence-corrected chi connectivity index (χ0v) is 21.1. The largest absolute Gasteiger partial charge is 0.393 e. The molecule has 1 nitrogen and oxygen atoms in total. The van der Waals surface area contributed by atoms with E-state index < -0.39 is 7.26 Å². The molecule has 0 saturated carbocycles. The minimum Gasteiger partial charge on any atom is -0.393 e. The summed E-state index contributed by atoms with van der Waals surface area (Å²) in [5, 5.41) is 9.85. The number of rotatable bonds is 23. The van der Waals surface area contributed by atoms with E-state index in [1.165, 1.54) is 134 Å². The van der Waals surface area contributed by atoms with E-state index in [0.29, 0.717) is 6.61 Å². The molecule has 0 aliphatic carbocycles. The first-order valence-electron chi connectivity index (χ1n) is 13.2. The van der Waals surface area contributed by atoms with Gasteiger partial charge in [0.1, 0.15) is 0 Å². The van der Waals surface area contributed by atoms with E-state index >= 15 is 0 Å². The summed E-state index contributed by atoms with van der Waals surface area (Å²) < 4.78 is 0. The van der Waals surface area contributed by atoms with Crippen molar-refractivity contribution < 1.29 is 5.11 Å². The average Bonchev–Trinajstić information content (AvgIpc) is 2.70. The molecule has 2 heteroatoms. The second kappa shape index (κ2) is 22.1. The van der Waals surface area contributed by atoms with E-state index in [-0.39, 0.29) is 0 Å². The molecule has 0 unspecified atom stereocenters. The molecule has 0 aliphatic heterocycles. The third kappa shape index (κ3) is 17.3. The lowest BCUT2D eigenvalue weighted by atomic mass is 10.1. The Bertz CT molecular complexity index is 251. The fraction of sp³-hybridized carbons (Fsp3) is 1.00. The van der Waals surface area contributed by atoms with Crippen molar-refractivity contribution in [1.29, 1.82) is 0 Å². The summed E-state index contributed by atoms with van der Waals surface area (Å²) >= 11 is 0. The van der Waals surface area contributed by atoms with E-state index in [1.54, 1.807) is 0 Å². The van der Waals surface area contributed by atoms with Gasteiger partial charge in [0.2, 0.25) is 0 Å². The minimum atomic E-state index is -0.913. The average molecular weight is 416 g/mol. The van der Waals surface area contributed by atoms with Crippen molar-refractivity contribution in [2.45, 2.75) is 136 Å². The van der Waals surface area contributed by atoms with Crippen LogP contribution in [-0.2, 0) is 0 Å². The van der Waals surface area contributed by atoms with Gasteiger partial charge in [-0.15, -0.1) is 0 Å². The smallest absolute Gasteiger partial charge is 0.0825 e. The van der Waals surface area contributed by atoms with Gasteiger partial charge in [0.15, 0.2) is 0 Å². The summed E-state index contributed by atoms with van der Waals surface area (Å²) in [6.07, 6.45) is 31.0. The number of hydrogen-bond donors (Lipinski definition) is 1. The Morgan fingerprint density at radius 2 is 0.679 bits per heavy atom. The Kier molecular flexibility index (Phi) is 22.4. The third-order valence-corrected chi connectivity index (χ3v) is 11.5. The summed E-state index contributed by atoms with van der Waals surface area (Å²) in [5.41, 5.74) is 0. The third-order valence-electron chi connectivity index (χ3n) is 6.53. The van der Waals surface area contributed by atoms with Gasteiger partial charge in [0.05, 0.1) is 31.3 Å².